The van der Waals surface area contributed by atoms with Gasteiger partial charge < -0.3 is 15.3 Å². The Morgan fingerprint density at radius 3 is 2.67 bits per heavy atom. The molecule has 0 saturated heterocycles. The maximum Gasteiger partial charge on any atom is 0.197 e. The zero-order valence-electron chi connectivity index (χ0n) is 9.37. The Balaban J connectivity index is 2.15. The van der Waals surface area contributed by atoms with Gasteiger partial charge in [0.25, 0.3) is 0 Å². The van der Waals surface area contributed by atoms with E-state index in [0.29, 0.717) is 28.4 Å². The van der Waals surface area contributed by atoms with Crippen molar-refractivity contribution in [1.82, 2.24) is 15.0 Å². The molecule has 0 unspecified atom stereocenters. The van der Waals surface area contributed by atoms with Crippen LogP contribution in [0, 0.1) is 0 Å². The number of nitrogen functional groups attached to an aromatic ring is 1. The zero-order chi connectivity index (χ0) is 12.5. The number of fused-ring (bicyclic) bond motifs is 1. The predicted octanol–water partition coefficient (Wildman–Crippen LogP) is 1.36. The number of hydrogen-bond donors (Lipinski definition) is 2. The molecule has 0 aliphatic carbocycles. The maximum absolute atomic E-state index is 8.93. The second kappa shape index (κ2) is 4.08. The molecule has 3 N–H and O–H groups in total. The molecule has 3 heterocycles. The molecule has 0 spiro atoms. The summed E-state index contributed by atoms with van der Waals surface area (Å²) in [6, 6.07) is 1.78. The van der Waals surface area contributed by atoms with E-state index in [0.717, 1.165) is 5.39 Å². The van der Waals surface area contributed by atoms with Gasteiger partial charge in [-0.15, -0.1) is 0 Å². The fourth-order valence-electron chi connectivity index (χ4n) is 1.69. The third kappa shape index (κ3) is 1.59. The minimum atomic E-state index is -0.0974. The molecular weight excluding hydrogens is 232 g/mol. The van der Waals surface area contributed by atoms with Crippen molar-refractivity contribution >= 4 is 16.7 Å². The molecule has 0 atom stereocenters. The number of furan rings is 1. The van der Waals surface area contributed by atoms with Crippen molar-refractivity contribution in [2.75, 3.05) is 5.73 Å². The fraction of sp³-hybridized carbons (Fsp3) is 0.0833. The minimum absolute atomic E-state index is 0.0974. The summed E-state index contributed by atoms with van der Waals surface area (Å²) in [6.45, 7) is -0.0974. The van der Waals surface area contributed by atoms with Crippen molar-refractivity contribution in [3.05, 3.63) is 36.4 Å². The molecular formula is C12H10N4O2. The summed E-state index contributed by atoms with van der Waals surface area (Å²) in [5, 5.41) is 9.72. The normalized spacial score (nSPS) is 10.9. The fourth-order valence-corrected chi connectivity index (χ4v) is 1.69. The quantitative estimate of drug-likeness (QED) is 0.704. The standard InChI is InChI=1S/C12H10N4O2/c13-10-8-1-2-14-5-9(8)18-11(10)12-15-3-7(6-17)4-16-12/h1-5,17H,6,13H2. The molecule has 18 heavy (non-hydrogen) atoms. The van der Waals surface area contributed by atoms with Gasteiger partial charge in [0.05, 0.1) is 18.5 Å². The lowest BCUT2D eigenvalue weighted by atomic mass is 10.2. The lowest BCUT2D eigenvalue weighted by Crippen LogP contribution is -1.93. The predicted molar refractivity (Wildman–Crippen MR) is 65.4 cm³/mol. The number of pyridine rings is 1. The number of anilines is 1. The Morgan fingerprint density at radius 1 is 1.22 bits per heavy atom. The second-order valence-corrected chi connectivity index (χ2v) is 3.79. The molecule has 0 radical (unpaired) electrons. The van der Waals surface area contributed by atoms with E-state index in [-0.39, 0.29) is 6.61 Å². The van der Waals surface area contributed by atoms with Gasteiger partial charge in [0, 0.05) is 29.5 Å². The Bertz CT molecular complexity index is 691. The SMILES string of the molecule is Nc1c(-c2ncc(CO)cn2)oc2cnccc12. The summed E-state index contributed by atoms with van der Waals surface area (Å²) in [4.78, 5) is 12.2. The topological polar surface area (TPSA) is 98.1 Å². The highest BCUT2D eigenvalue weighted by Gasteiger charge is 2.15. The summed E-state index contributed by atoms with van der Waals surface area (Å²) in [5.74, 6) is 0.809. The van der Waals surface area contributed by atoms with Crippen molar-refractivity contribution in [1.29, 1.82) is 0 Å². The Labute approximate surface area is 102 Å². The van der Waals surface area contributed by atoms with Crippen molar-refractivity contribution in [2.45, 2.75) is 6.61 Å². The van der Waals surface area contributed by atoms with Gasteiger partial charge in [0.1, 0.15) is 0 Å². The molecule has 0 aromatic carbocycles. The molecule has 3 aromatic rings. The maximum atomic E-state index is 8.93. The average Bonchev–Trinajstić information content (AvgIpc) is 2.77. The molecule has 6 nitrogen and oxygen atoms in total. The minimum Gasteiger partial charge on any atom is -0.449 e. The van der Waals surface area contributed by atoms with Crippen LogP contribution in [0.4, 0.5) is 5.69 Å². The van der Waals surface area contributed by atoms with E-state index in [1.165, 1.54) is 12.4 Å². The molecule has 3 aromatic heterocycles. The number of nitrogens with two attached hydrogens (primary N) is 1. The lowest BCUT2D eigenvalue weighted by Gasteiger charge is -1.98. The van der Waals surface area contributed by atoms with Crippen LogP contribution >= 0.6 is 0 Å². The van der Waals surface area contributed by atoms with E-state index >= 15 is 0 Å². The van der Waals surface area contributed by atoms with Gasteiger partial charge in [0.2, 0.25) is 0 Å². The Kier molecular flexibility index (Phi) is 2.42. The number of aliphatic hydroxyl groups is 1. The van der Waals surface area contributed by atoms with E-state index in [1.807, 2.05) is 0 Å². The van der Waals surface area contributed by atoms with Crippen molar-refractivity contribution < 1.29 is 9.52 Å². The van der Waals surface area contributed by atoms with Crippen LogP contribution < -0.4 is 5.73 Å². The molecule has 0 amide bonds. The van der Waals surface area contributed by atoms with E-state index in [2.05, 4.69) is 15.0 Å². The molecule has 0 aliphatic rings. The third-order valence-electron chi connectivity index (χ3n) is 2.62. The number of aromatic nitrogens is 3. The van der Waals surface area contributed by atoms with Crippen LogP contribution in [0.5, 0.6) is 0 Å². The monoisotopic (exact) mass is 242 g/mol. The molecule has 0 saturated carbocycles. The van der Waals surface area contributed by atoms with Gasteiger partial charge in [-0.05, 0) is 6.07 Å². The number of aliphatic hydroxyl groups excluding tert-OH is 1. The van der Waals surface area contributed by atoms with Crippen LogP contribution in [-0.2, 0) is 6.61 Å². The molecule has 0 bridgehead atoms. The molecule has 0 aliphatic heterocycles. The van der Waals surface area contributed by atoms with Crippen molar-refractivity contribution in [3.8, 4) is 11.6 Å². The van der Waals surface area contributed by atoms with Gasteiger partial charge in [0.15, 0.2) is 17.2 Å². The van der Waals surface area contributed by atoms with Gasteiger partial charge in [-0.1, -0.05) is 0 Å². The van der Waals surface area contributed by atoms with Crippen LogP contribution in [-0.4, -0.2) is 20.1 Å². The van der Waals surface area contributed by atoms with Gasteiger partial charge in [-0.3, -0.25) is 4.98 Å². The van der Waals surface area contributed by atoms with Crippen LogP contribution in [0.15, 0.2) is 35.3 Å². The molecule has 0 fully saturated rings. The van der Waals surface area contributed by atoms with E-state index < -0.39 is 0 Å². The number of rotatable bonds is 2. The van der Waals surface area contributed by atoms with E-state index in [9.17, 15) is 0 Å². The van der Waals surface area contributed by atoms with Gasteiger partial charge in [-0.25, -0.2) is 9.97 Å². The lowest BCUT2D eigenvalue weighted by molar-refractivity contribution is 0.281. The highest BCUT2D eigenvalue weighted by Crippen LogP contribution is 2.33. The van der Waals surface area contributed by atoms with E-state index in [4.69, 9.17) is 15.3 Å². The molecule has 90 valence electrons. The second-order valence-electron chi connectivity index (χ2n) is 3.79. The first kappa shape index (κ1) is 10.7. The first-order chi connectivity index (χ1) is 8.79. The van der Waals surface area contributed by atoms with Gasteiger partial charge >= 0.3 is 0 Å². The first-order valence-corrected chi connectivity index (χ1v) is 5.33. The summed E-state index contributed by atoms with van der Waals surface area (Å²) in [6.07, 6.45) is 6.31. The van der Waals surface area contributed by atoms with E-state index in [1.54, 1.807) is 18.5 Å². The summed E-state index contributed by atoms with van der Waals surface area (Å²) in [7, 11) is 0. The van der Waals surface area contributed by atoms with Crippen molar-refractivity contribution in [2.24, 2.45) is 0 Å². The smallest absolute Gasteiger partial charge is 0.197 e. The van der Waals surface area contributed by atoms with Crippen LogP contribution in [0.3, 0.4) is 0 Å². The number of nitrogens with zero attached hydrogens (tertiary/aromatic N) is 3. The number of hydrogen-bond acceptors (Lipinski definition) is 6. The van der Waals surface area contributed by atoms with Crippen molar-refractivity contribution in [3.63, 3.8) is 0 Å². The van der Waals surface area contributed by atoms with Crippen LogP contribution in [0.1, 0.15) is 5.56 Å². The highest BCUT2D eigenvalue weighted by atomic mass is 16.3. The Hall–Kier alpha value is -2.47. The first-order valence-electron chi connectivity index (χ1n) is 5.33. The third-order valence-corrected chi connectivity index (χ3v) is 2.62. The largest absolute Gasteiger partial charge is 0.449 e. The average molecular weight is 242 g/mol. The molecule has 3 rings (SSSR count). The van der Waals surface area contributed by atoms with Gasteiger partial charge in [-0.2, -0.15) is 0 Å². The summed E-state index contributed by atoms with van der Waals surface area (Å²) >= 11 is 0. The van der Waals surface area contributed by atoms with Crippen LogP contribution in [0.25, 0.3) is 22.6 Å². The summed E-state index contributed by atoms with van der Waals surface area (Å²) < 4.78 is 5.58. The highest BCUT2D eigenvalue weighted by molar-refractivity contribution is 5.95. The summed E-state index contributed by atoms with van der Waals surface area (Å²) in [5.41, 5.74) is 7.71. The zero-order valence-corrected chi connectivity index (χ0v) is 9.37. The molecule has 6 heteroatoms. The Morgan fingerprint density at radius 2 is 2.00 bits per heavy atom. The van der Waals surface area contributed by atoms with Crippen LogP contribution in [0.2, 0.25) is 0 Å².